The van der Waals surface area contributed by atoms with Crippen molar-refractivity contribution in [2.75, 3.05) is 24.7 Å². The van der Waals surface area contributed by atoms with Crippen molar-refractivity contribution in [3.05, 3.63) is 95.3 Å². The highest BCUT2D eigenvalue weighted by molar-refractivity contribution is 5.94. The third-order valence-electron chi connectivity index (χ3n) is 5.03. The lowest BCUT2D eigenvalue weighted by Gasteiger charge is -2.31. The molecule has 150 valence electrons. The van der Waals surface area contributed by atoms with E-state index in [2.05, 4.69) is 0 Å². The first-order valence-electron chi connectivity index (χ1n) is 9.54. The van der Waals surface area contributed by atoms with Gasteiger partial charge in [0.1, 0.15) is 5.82 Å². The van der Waals surface area contributed by atoms with Crippen LogP contribution in [0.2, 0.25) is 0 Å². The Morgan fingerprint density at radius 1 is 1.00 bits per heavy atom. The minimum absolute atomic E-state index is 0.159. The van der Waals surface area contributed by atoms with E-state index < -0.39 is 0 Å². The first-order chi connectivity index (χ1) is 13.9. The first kappa shape index (κ1) is 20.4. The van der Waals surface area contributed by atoms with E-state index in [1.807, 2.05) is 74.4 Å². The Morgan fingerprint density at radius 3 is 2.28 bits per heavy atom. The summed E-state index contributed by atoms with van der Waals surface area (Å²) < 4.78 is 13.4. The molecule has 0 aliphatic rings. The van der Waals surface area contributed by atoms with Gasteiger partial charge in [-0.1, -0.05) is 30.3 Å². The van der Waals surface area contributed by atoms with E-state index in [9.17, 15) is 9.18 Å². The second-order valence-electron chi connectivity index (χ2n) is 7.31. The number of hydrogen-bond acceptors (Lipinski definition) is 3. The summed E-state index contributed by atoms with van der Waals surface area (Å²) in [7, 11) is 3.92. The molecule has 1 unspecified atom stereocenters. The van der Waals surface area contributed by atoms with E-state index in [1.165, 1.54) is 24.3 Å². The number of nitrogens with two attached hydrogens (primary N) is 1. The number of carbonyl (C=O) groups excluding carboxylic acids is 1. The van der Waals surface area contributed by atoms with Crippen LogP contribution in [-0.4, -0.2) is 24.9 Å². The Kier molecular flexibility index (Phi) is 6.17. The fourth-order valence-corrected chi connectivity index (χ4v) is 3.41. The highest BCUT2D eigenvalue weighted by atomic mass is 19.1. The second-order valence-corrected chi connectivity index (χ2v) is 7.31. The summed E-state index contributed by atoms with van der Waals surface area (Å²) in [5.74, 6) is -0.525. The molecule has 2 N–H and O–H groups in total. The Bertz CT molecular complexity index is 971. The van der Waals surface area contributed by atoms with Gasteiger partial charge in [-0.25, -0.2) is 4.39 Å². The quantitative estimate of drug-likeness (QED) is 0.610. The molecule has 0 aromatic heterocycles. The van der Waals surface area contributed by atoms with E-state index in [0.717, 1.165) is 16.8 Å². The van der Waals surface area contributed by atoms with Gasteiger partial charge in [-0.2, -0.15) is 0 Å². The van der Waals surface area contributed by atoms with Crippen molar-refractivity contribution in [3.63, 3.8) is 0 Å². The monoisotopic (exact) mass is 391 g/mol. The number of halogens is 1. The fraction of sp³-hybridized carbons (Fsp3) is 0.208. The second kappa shape index (κ2) is 8.78. The summed E-state index contributed by atoms with van der Waals surface area (Å²) in [6.45, 7) is 2.38. The summed E-state index contributed by atoms with van der Waals surface area (Å²) in [5.41, 5.74) is 10.1. The Balaban J connectivity index is 2.02. The van der Waals surface area contributed by atoms with Crippen LogP contribution in [-0.2, 0) is 6.54 Å². The van der Waals surface area contributed by atoms with Crippen LogP contribution in [0.15, 0.2) is 72.8 Å². The number of hydrogen-bond donors (Lipinski definition) is 1. The average molecular weight is 391 g/mol. The van der Waals surface area contributed by atoms with Gasteiger partial charge < -0.3 is 15.5 Å². The summed E-state index contributed by atoms with van der Waals surface area (Å²) in [5, 5.41) is 0. The van der Waals surface area contributed by atoms with Gasteiger partial charge in [0, 0.05) is 37.6 Å². The molecular weight excluding hydrogens is 365 g/mol. The molecule has 0 spiro atoms. The molecule has 0 saturated heterocycles. The van der Waals surface area contributed by atoms with Gasteiger partial charge in [-0.15, -0.1) is 0 Å². The molecule has 3 aromatic carbocycles. The molecule has 0 heterocycles. The third-order valence-corrected chi connectivity index (χ3v) is 5.03. The standard InChI is InChI=1S/C24H26FN3O/c1-17(18-7-5-4-6-8-18)28(24(29)19-9-11-21(25)12-10-19)16-20-15-22(26)13-14-23(20)27(2)3/h4-15,17H,16,26H2,1-3H3. The number of benzene rings is 3. The largest absolute Gasteiger partial charge is 0.399 e. The SMILES string of the molecule is CC(c1ccccc1)N(Cc1cc(N)ccc1N(C)C)C(=O)c1ccc(F)cc1. The Morgan fingerprint density at radius 2 is 1.66 bits per heavy atom. The maximum absolute atomic E-state index is 13.4. The maximum Gasteiger partial charge on any atom is 0.254 e. The number of nitrogens with zero attached hydrogens (tertiary/aromatic N) is 2. The van der Waals surface area contributed by atoms with E-state index in [-0.39, 0.29) is 17.8 Å². The zero-order valence-corrected chi connectivity index (χ0v) is 17.0. The van der Waals surface area contributed by atoms with Crippen LogP contribution < -0.4 is 10.6 Å². The van der Waals surface area contributed by atoms with Gasteiger partial charge in [0.2, 0.25) is 0 Å². The first-order valence-corrected chi connectivity index (χ1v) is 9.54. The van der Waals surface area contributed by atoms with Gasteiger partial charge in [-0.05, 0) is 60.5 Å². The summed E-state index contributed by atoms with van der Waals surface area (Å²) >= 11 is 0. The van der Waals surface area contributed by atoms with Crippen molar-refractivity contribution in [2.45, 2.75) is 19.5 Å². The third kappa shape index (κ3) is 4.74. The predicted molar refractivity (Wildman–Crippen MR) is 116 cm³/mol. The molecule has 5 heteroatoms. The lowest BCUT2D eigenvalue weighted by Crippen LogP contribution is -2.33. The minimum atomic E-state index is -0.366. The molecule has 0 aliphatic heterocycles. The van der Waals surface area contributed by atoms with Crippen molar-refractivity contribution in [1.82, 2.24) is 4.90 Å². The molecule has 3 aromatic rings. The Labute approximate surface area is 171 Å². The number of nitrogen functional groups attached to an aromatic ring is 1. The van der Waals surface area contributed by atoms with Crippen LogP contribution in [0.25, 0.3) is 0 Å². The molecule has 0 bridgehead atoms. The van der Waals surface area contributed by atoms with Crippen LogP contribution in [0, 0.1) is 5.82 Å². The van der Waals surface area contributed by atoms with Gasteiger partial charge in [0.15, 0.2) is 0 Å². The number of carbonyl (C=O) groups is 1. The van der Waals surface area contributed by atoms with Gasteiger partial charge in [0.05, 0.1) is 6.04 Å². The van der Waals surface area contributed by atoms with Crippen LogP contribution in [0.3, 0.4) is 0 Å². The van der Waals surface area contributed by atoms with Crippen molar-refractivity contribution in [2.24, 2.45) is 0 Å². The normalized spacial score (nSPS) is 11.7. The van der Waals surface area contributed by atoms with E-state index in [4.69, 9.17) is 5.73 Å². The highest BCUT2D eigenvalue weighted by Gasteiger charge is 2.24. The molecule has 29 heavy (non-hydrogen) atoms. The topological polar surface area (TPSA) is 49.6 Å². The van der Waals surface area contributed by atoms with Crippen LogP contribution >= 0.6 is 0 Å². The van der Waals surface area contributed by atoms with Crippen molar-refractivity contribution in [3.8, 4) is 0 Å². The molecule has 0 radical (unpaired) electrons. The minimum Gasteiger partial charge on any atom is -0.399 e. The van der Waals surface area contributed by atoms with Crippen molar-refractivity contribution < 1.29 is 9.18 Å². The van der Waals surface area contributed by atoms with Crippen molar-refractivity contribution >= 4 is 17.3 Å². The maximum atomic E-state index is 13.4. The van der Waals surface area contributed by atoms with Crippen LogP contribution in [0.5, 0.6) is 0 Å². The molecule has 3 rings (SSSR count). The lowest BCUT2D eigenvalue weighted by atomic mass is 10.0. The van der Waals surface area contributed by atoms with Crippen LogP contribution in [0.1, 0.15) is 34.5 Å². The summed E-state index contributed by atoms with van der Waals surface area (Å²) in [4.78, 5) is 17.2. The van der Waals surface area contributed by atoms with Gasteiger partial charge in [-0.3, -0.25) is 4.79 Å². The van der Waals surface area contributed by atoms with E-state index in [0.29, 0.717) is 17.8 Å². The predicted octanol–water partition coefficient (Wildman–Crippen LogP) is 4.88. The van der Waals surface area contributed by atoms with Crippen molar-refractivity contribution in [1.29, 1.82) is 0 Å². The lowest BCUT2D eigenvalue weighted by molar-refractivity contribution is 0.0674. The number of rotatable bonds is 6. The highest BCUT2D eigenvalue weighted by Crippen LogP contribution is 2.29. The van der Waals surface area contributed by atoms with E-state index in [1.54, 1.807) is 4.90 Å². The number of amides is 1. The Hall–Kier alpha value is -3.34. The molecule has 0 fully saturated rings. The summed E-state index contributed by atoms with van der Waals surface area (Å²) in [6.07, 6.45) is 0. The average Bonchev–Trinajstić information content (AvgIpc) is 2.72. The zero-order chi connectivity index (χ0) is 21.0. The van der Waals surface area contributed by atoms with Crippen LogP contribution in [0.4, 0.5) is 15.8 Å². The molecule has 1 atom stereocenters. The zero-order valence-electron chi connectivity index (χ0n) is 17.0. The smallest absolute Gasteiger partial charge is 0.254 e. The van der Waals surface area contributed by atoms with E-state index >= 15 is 0 Å². The molecule has 4 nitrogen and oxygen atoms in total. The molecular formula is C24H26FN3O. The van der Waals surface area contributed by atoms with Gasteiger partial charge in [0.25, 0.3) is 5.91 Å². The molecule has 0 saturated carbocycles. The van der Waals surface area contributed by atoms with Gasteiger partial charge >= 0.3 is 0 Å². The fourth-order valence-electron chi connectivity index (χ4n) is 3.41. The number of anilines is 2. The molecule has 0 aliphatic carbocycles. The molecule has 1 amide bonds. The summed E-state index contributed by atoms with van der Waals surface area (Å²) in [6, 6.07) is 21.1.